The normalized spacial score (nSPS) is 13.9. The van der Waals surface area contributed by atoms with Gasteiger partial charge in [0.15, 0.2) is 28.6 Å². The van der Waals surface area contributed by atoms with Crippen LogP contribution in [0.5, 0.6) is 34.5 Å². The van der Waals surface area contributed by atoms with Crippen molar-refractivity contribution in [2.75, 3.05) is 0 Å². The number of hydrogen-bond donors (Lipinski definition) is 2. The van der Waals surface area contributed by atoms with Crippen LogP contribution in [0.15, 0.2) is 103 Å². The molecule has 2 aliphatic heterocycles. The number of phenolic OH excluding ortho intramolecular Hbond substituents is 2. The summed E-state index contributed by atoms with van der Waals surface area (Å²) in [6.45, 7) is 2.17. The summed E-state index contributed by atoms with van der Waals surface area (Å²) in [4.78, 5) is 13.5. The first-order valence-electron chi connectivity index (χ1n) is 13.5. The predicted molar refractivity (Wildman–Crippen MR) is 154 cm³/mol. The van der Waals surface area contributed by atoms with Crippen molar-refractivity contribution >= 4 is 5.97 Å². The molecular formula is C35H26O7. The maximum Gasteiger partial charge on any atom is 0.340 e. The van der Waals surface area contributed by atoms with Gasteiger partial charge in [0.25, 0.3) is 0 Å². The number of benzene rings is 5. The third kappa shape index (κ3) is 3.93. The Labute approximate surface area is 242 Å². The first-order valence-corrected chi connectivity index (χ1v) is 13.5. The molecule has 0 saturated carbocycles. The number of aryl methyl sites for hydroxylation is 1. The van der Waals surface area contributed by atoms with Gasteiger partial charge in [-0.25, -0.2) is 4.79 Å². The van der Waals surface area contributed by atoms with Gasteiger partial charge in [-0.1, -0.05) is 78.9 Å². The molecule has 5 aromatic rings. The molecule has 0 bridgehead atoms. The van der Waals surface area contributed by atoms with Crippen molar-refractivity contribution in [3.8, 4) is 34.5 Å². The van der Waals surface area contributed by atoms with E-state index in [0.717, 1.165) is 16.7 Å². The Morgan fingerprint density at radius 3 is 1.69 bits per heavy atom. The first kappa shape index (κ1) is 25.5. The molecule has 0 fully saturated rings. The molecule has 5 aromatic carbocycles. The quantitative estimate of drug-likeness (QED) is 0.214. The lowest BCUT2D eigenvalue weighted by Crippen LogP contribution is -2.33. The van der Waals surface area contributed by atoms with Crippen molar-refractivity contribution in [2.45, 2.75) is 25.7 Å². The average Bonchev–Trinajstić information content (AvgIpc) is 3.30. The number of hydrogen-bond acceptors (Lipinski definition) is 7. The third-order valence-corrected chi connectivity index (χ3v) is 7.70. The minimum atomic E-state index is -1.45. The summed E-state index contributed by atoms with van der Waals surface area (Å²) in [6.07, 6.45) is 0. The van der Waals surface area contributed by atoms with Gasteiger partial charge in [0.1, 0.15) is 13.2 Å². The van der Waals surface area contributed by atoms with E-state index < -0.39 is 11.6 Å². The lowest BCUT2D eigenvalue weighted by atomic mass is 9.77. The molecule has 0 unspecified atom stereocenters. The van der Waals surface area contributed by atoms with Crippen LogP contribution in [0, 0.1) is 6.92 Å². The molecule has 7 heteroatoms. The Morgan fingerprint density at radius 2 is 1.17 bits per heavy atom. The second-order valence-corrected chi connectivity index (χ2v) is 10.3. The summed E-state index contributed by atoms with van der Waals surface area (Å²) in [5, 5.41) is 22.0. The monoisotopic (exact) mass is 558 g/mol. The lowest BCUT2D eigenvalue weighted by molar-refractivity contribution is 0.0219. The molecule has 7 nitrogen and oxygen atoms in total. The second kappa shape index (κ2) is 9.89. The van der Waals surface area contributed by atoms with E-state index in [9.17, 15) is 15.0 Å². The van der Waals surface area contributed by atoms with E-state index in [1.807, 2.05) is 85.8 Å². The van der Waals surface area contributed by atoms with Crippen LogP contribution in [0.1, 0.15) is 43.7 Å². The lowest BCUT2D eigenvalue weighted by Gasteiger charge is -2.37. The highest BCUT2D eigenvalue weighted by Gasteiger charge is 2.55. The fourth-order valence-corrected chi connectivity index (χ4v) is 5.72. The molecule has 1 spiro atoms. The first-order chi connectivity index (χ1) is 20.5. The number of ether oxygens (including phenoxy) is 4. The molecule has 7 rings (SSSR count). The van der Waals surface area contributed by atoms with Crippen LogP contribution in [0.2, 0.25) is 0 Å². The number of esters is 1. The van der Waals surface area contributed by atoms with Crippen LogP contribution >= 0.6 is 0 Å². The highest BCUT2D eigenvalue weighted by molar-refractivity contribution is 5.98. The van der Waals surface area contributed by atoms with Crippen LogP contribution < -0.4 is 14.2 Å². The molecule has 0 radical (unpaired) electrons. The molecule has 2 heterocycles. The third-order valence-electron chi connectivity index (χ3n) is 7.70. The maximum atomic E-state index is 13.5. The molecule has 2 N–H and O–H groups in total. The van der Waals surface area contributed by atoms with Gasteiger partial charge in [0.2, 0.25) is 11.5 Å². The van der Waals surface area contributed by atoms with E-state index in [1.54, 1.807) is 12.1 Å². The summed E-state index contributed by atoms with van der Waals surface area (Å²) in [7, 11) is 0. The molecule has 0 amide bonds. The van der Waals surface area contributed by atoms with Gasteiger partial charge in [-0.15, -0.1) is 0 Å². The van der Waals surface area contributed by atoms with E-state index in [-0.39, 0.29) is 47.7 Å². The summed E-state index contributed by atoms with van der Waals surface area (Å²) < 4.78 is 25.1. The van der Waals surface area contributed by atoms with Crippen molar-refractivity contribution in [1.82, 2.24) is 0 Å². The molecule has 2 aliphatic rings. The van der Waals surface area contributed by atoms with Gasteiger partial charge in [0, 0.05) is 5.56 Å². The Balaban J connectivity index is 1.44. The number of carbonyl (C=O) groups is 1. The van der Waals surface area contributed by atoms with E-state index in [4.69, 9.17) is 18.9 Å². The van der Waals surface area contributed by atoms with Crippen LogP contribution in [0.4, 0.5) is 0 Å². The number of carbonyl (C=O) groups excluding carboxylic acids is 1. The van der Waals surface area contributed by atoms with Crippen molar-refractivity contribution in [3.05, 3.63) is 142 Å². The van der Waals surface area contributed by atoms with Crippen molar-refractivity contribution in [1.29, 1.82) is 0 Å². The zero-order valence-corrected chi connectivity index (χ0v) is 22.7. The summed E-state index contributed by atoms with van der Waals surface area (Å²) >= 11 is 0. The zero-order valence-electron chi connectivity index (χ0n) is 22.7. The van der Waals surface area contributed by atoms with Crippen LogP contribution in [0.3, 0.4) is 0 Å². The van der Waals surface area contributed by atoms with Crippen LogP contribution in [-0.4, -0.2) is 16.2 Å². The maximum absolute atomic E-state index is 13.5. The van der Waals surface area contributed by atoms with Gasteiger partial charge >= 0.3 is 5.97 Å². The van der Waals surface area contributed by atoms with E-state index in [2.05, 4.69) is 0 Å². The van der Waals surface area contributed by atoms with E-state index >= 15 is 0 Å². The Hall–Kier alpha value is -5.43. The van der Waals surface area contributed by atoms with E-state index in [0.29, 0.717) is 22.3 Å². The zero-order chi connectivity index (χ0) is 28.8. The van der Waals surface area contributed by atoms with Gasteiger partial charge in [0.05, 0.1) is 16.7 Å². The highest BCUT2D eigenvalue weighted by Crippen LogP contribution is 2.62. The van der Waals surface area contributed by atoms with E-state index in [1.165, 1.54) is 12.1 Å². The standard InChI is InChI=1S/C35H26O7/c1-21-9-8-14-24-29(21)34(38)42-35(24)25-15-17-27(36)32(39-19-22-10-4-2-5-11-22)30(25)41-31-26(35)16-18-28(37)33(31)40-20-23-12-6-3-7-13-23/h2-18,36-37H,19-20H2,1H3. The Morgan fingerprint density at radius 1 is 0.643 bits per heavy atom. The smallest absolute Gasteiger partial charge is 0.340 e. The molecule has 208 valence electrons. The SMILES string of the molecule is Cc1cccc2c1C(=O)OC21c2ccc(O)c(OCc3ccccc3)c2Oc2c1ccc(O)c2OCc1ccccc1. The number of fused-ring (bicyclic) bond motifs is 6. The van der Waals surface area contributed by atoms with Gasteiger partial charge in [-0.2, -0.15) is 0 Å². The van der Waals surface area contributed by atoms with Gasteiger partial charge in [-0.3, -0.25) is 0 Å². The highest BCUT2D eigenvalue weighted by atomic mass is 16.6. The fraction of sp³-hybridized carbons (Fsp3) is 0.114. The molecule has 0 atom stereocenters. The largest absolute Gasteiger partial charge is 0.504 e. The van der Waals surface area contributed by atoms with Crippen LogP contribution in [0.25, 0.3) is 0 Å². The minimum Gasteiger partial charge on any atom is -0.504 e. The summed E-state index contributed by atoms with van der Waals surface area (Å²) in [5.41, 5.74) is 3.13. The topological polar surface area (TPSA) is 94.5 Å². The molecule has 0 aliphatic carbocycles. The number of rotatable bonds is 6. The van der Waals surface area contributed by atoms with Crippen LogP contribution in [-0.2, 0) is 23.6 Å². The predicted octanol–water partition coefficient (Wildman–Crippen LogP) is 7.13. The van der Waals surface area contributed by atoms with Crippen molar-refractivity contribution in [2.24, 2.45) is 0 Å². The Bertz CT molecular complexity index is 1730. The van der Waals surface area contributed by atoms with Crippen molar-refractivity contribution < 1.29 is 34.0 Å². The summed E-state index contributed by atoms with van der Waals surface area (Å²) in [5.74, 6) is -0.298. The molecule has 42 heavy (non-hydrogen) atoms. The van der Waals surface area contributed by atoms with Gasteiger partial charge in [-0.05, 0) is 47.9 Å². The second-order valence-electron chi connectivity index (χ2n) is 10.3. The fourth-order valence-electron chi connectivity index (χ4n) is 5.72. The average molecular weight is 559 g/mol. The molecular weight excluding hydrogens is 532 g/mol. The summed E-state index contributed by atoms with van der Waals surface area (Å²) in [6, 6.07) is 31.0. The molecule has 0 aromatic heterocycles. The molecule has 0 saturated heterocycles. The Kier molecular flexibility index (Phi) is 6.01. The number of aromatic hydroxyl groups is 2. The number of phenols is 2. The minimum absolute atomic E-state index is 0.0795. The van der Waals surface area contributed by atoms with Gasteiger partial charge < -0.3 is 29.2 Å². The van der Waals surface area contributed by atoms with Crippen molar-refractivity contribution in [3.63, 3.8) is 0 Å².